The molecule has 128 valence electrons. The molecule has 0 aliphatic rings. The van der Waals surface area contributed by atoms with E-state index in [4.69, 9.17) is 16.3 Å². The van der Waals surface area contributed by atoms with Gasteiger partial charge in [-0.15, -0.1) is 10.2 Å². The zero-order valence-electron chi connectivity index (χ0n) is 13.1. The number of carbonyl (C=O) groups excluding carboxylic acids is 1. The molecule has 1 unspecified atom stereocenters. The summed E-state index contributed by atoms with van der Waals surface area (Å²) in [4.78, 5) is 12.3. The normalized spacial score (nSPS) is 11.8. The summed E-state index contributed by atoms with van der Waals surface area (Å²) in [7, 11) is 0. The van der Waals surface area contributed by atoms with Crippen molar-refractivity contribution in [3.63, 3.8) is 0 Å². The van der Waals surface area contributed by atoms with E-state index >= 15 is 0 Å². The first kappa shape index (κ1) is 17.8. The summed E-state index contributed by atoms with van der Waals surface area (Å²) in [5.41, 5.74) is 0.890. The van der Waals surface area contributed by atoms with E-state index in [1.807, 2.05) is 24.3 Å². The predicted molar refractivity (Wildman–Crippen MR) is 103 cm³/mol. The summed E-state index contributed by atoms with van der Waals surface area (Å²) in [5.74, 6) is 0.326. The highest BCUT2D eigenvalue weighted by molar-refractivity contribution is 9.10. The summed E-state index contributed by atoms with van der Waals surface area (Å²) in [6, 6.07) is 14.6. The largest absolute Gasteiger partial charge is 0.481 e. The molecule has 0 saturated heterocycles. The van der Waals surface area contributed by atoms with Gasteiger partial charge in [-0.05, 0) is 43.3 Å². The summed E-state index contributed by atoms with van der Waals surface area (Å²) in [6.45, 7) is 1.68. The molecule has 0 aliphatic carbocycles. The van der Waals surface area contributed by atoms with Crippen molar-refractivity contribution in [2.45, 2.75) is 13.0 Å². The second kappa shape index (κ2) is 7.95. The molecule has 0 bridgehead atoms. The molecule has 0 aliphatic heterocycles. The Hall–Kier alpha value is -1.96. The highest BCUT2D eigenvalue weighted by Gasteiger charge is 2.17. The molecule has 3 rings (SSSR count). The Bertz CT molecular complexity index is 868. The molecule has 0 saturated carbocycles. The molecule has 8 heteroatoms. The SMILES string of the molecule is CC(Oc1ccc(Br)cc1)C(=O)Nc1nnc(-c2ccc(Cl)cc2)s1. The molecule has 5 nitrogen and oxygen atoms in total. The number of hydrogen-bond acceptors (Lipinski definition) is 5. The van der Waals surface area contributed by atoms with Crippen molar-refractivity contribution in [2.24, 2.45) is 0 Å². The van der Waals surface area contributed by atoms with Crippen molar-refractivity contribution in [1.29, 1.82) is 0 Å². The van der Waals surface area contributed by atoms with Crippen LogP contribution in [0.25, 0.3) is 10.6 Å². The van der Waals surface area contributed by atoms with Crippen LogP contribution in [0.5, 0.6) is 5.75 Å². The van der Waals surface area contributed by atoms with Crippen LogP contribution in [-0.2, 0) is 4.79 Å². The van der Waals surface area contributed by atoms with Gasteiger partial charge in [0, 0.05) is 15.1 Å². The number of rotatable bonds is 5. The molecule has 0 fully saturated rings. The molecule has 1 aromatic heterocycles. The molecule has 0 radical (unpaired) electrons. The van der Waals surface area contributed by atoms with Crippen molar-refractivity contribution < 1.29 is 9.53 Å². The summed E-state index contributed by atoms with van der Waals surface area (Å²) in [6.07, 6.45) is -0.663. The van der Waals surface area contributed by atoms with Gasteiger partial charge in [0.25, 0.3) is 5.91 Å². The van der Waals surface area contributed by atoms with Gasteiger partial charge in [-0.3, -0.25) is 10.1 Å². The minimum absolute atomic E-state index is 0.290. The lowest BCUT2D eigenvalue weighted by Gasteiger charge is -2.13. The number of halogens is 2. The van der Waals surface area contributed by atoms with Crippen LogP contribution < -0.4 is 10.1 Å². The van der Waals surface area contributed by atoms with Crippen LogP contribution in [0.3, 0.4) is 0 Å². The summed E-state index contributed by atoms with van der Waals surface area (Å²) >= 11 is 10.5. The quantitative estimate of drug-likeness (QED) is 0.607. The van der Waals surface area contributed by atoms with Gasteiger partial charge in [0.2, 0.25) is 5.13 Å². The molecule has 1 heterocycles. The number of nitrogens with zero attached hydrogens (tertiary/aromatic N) is 2. The molecule has 1 N–H and O–H groups in total. The lowest BCUT2D eigenvalue weighted by Crippen LogP contribution is -2.30. The third-order valence-electron chi connectivity index (χ3n) is 3.24. The number of benzene rings is 2. The van der Waals surface area contributed by atoms with E-state index in [0.29, 0.717) is 20.9 Å². The fourth-order valence-electron chi connectivity index (χ4n) is 1.96. The highest BCUT2D eigenvalue weighted by atomic mass is 79.9. The Kier molecular flexibility index (Phi) is 5.67. The maximum Gasteiger partial charge on any atom is 0.266 e. The second-order valence-corrected chi connectivity index (χ2v) is 7.45. The minimum Gasteiger partial charge on any atom is -0.481 e. The van der Waals surface area contributed by atoms with E-state index in [0.717, 1.165) is 10.0 Å². The third-order valence-corrected chi connectivity index (χ3v) is 4.91. The Morgan fingerprint density at radius 1 is 1.16 bits per heavy atom. The van der Waals surface area contributed by atoms with Crippen LogP contribution >= 0.6 is 38.9 Å². The van der Waals surface area contributed by atoms with Crippen molar-refractivity contribution in [2.75, 3.05) is 5.32 Å². The number of anilines is 1. The minimum atomic E-state index is -0.663. The predicted octanol–water partition coefficient (Wildman–Crippen LogP) is 5.03. The maximum atomic E-state index is 12.3. The molecular weight excluding hydrogens is 426 g/mol. The average Bonchev–Trinajstić information content (AvgIpc) is 3.06. The van der Waals surface area contributed by atoms with Gasteiger partial charge < -0.3 is 4.74 Å². The summed E-state index contributed by atoms with van der Waals surface area (Å²) < 4.78 is 6.56. The van der Waals surface area contributed by atoms with E-state index in [1.54, 1.807) is 31.2 Å². The molecule has 1 atom stereocenters. The van der Waals surface area contributed by atoms with E-state index in [-0.39, 0.29) is 5.91 Å². The number of nitrogens with one attached hydrogen (secondary N) is 1. The van der Waals surface area contributed by atoms with Crippen LogP contribution in [0.15, 0.2) is 53.0 Å². The van der Waals surface area contributed by atoms with Gasteiger partial charge in [-0.2, -0.15) is 0 Å². The molecule has 2 aromatic carbocycles. The van der Waals surface area contributed by atoms with Crippen molar-refractivity contribution >= 4 is 49.9 Å². The number of aromatic nitrogens is 2. The molecule has 0 spiro atoms. The lowest BCUT2D eigenvalue weighted by atomic mass is 10.2. The van der Waals surface area contributed by atoms with Crippen LogP contribution in [0, 0.1) is 0 Å². The zero-order valence-corrected chi connectivity index (χ0v) is 16.2. The Morgan fingerprint density at radius 3 is 2.52 bits per heavy atom. The van der Waals surface area contributed by atoms with Crippen LogP contribution in [0.2, 0.25) is 5.02 Å². The van der Waals surface area contributed by atoms with Crippen molar-refractivity contribution in [3.05, 3.63) is 58.0 Å². The molecular formula is C17H13BrClN3O2S. The number of ether oxygens (including phenoxy) is 1. The van der Waals surface area contributed by atoms with Gasteiger partial charge >= 0.3 is 0 Å². The van der Waals surface area contributed by atoms with Crippen LogP contribution in [0.4, 0.5) is 5.13 Å². The first-order valence-corrected chi connectivity index (χ1v) is 9.32. The first-order valence-electron chi connectivity index (χ1n) is 7.34. The molecule has 25 heavy (non-hydrogen) atoms. The van der Waals surface area contributed by atoms with Gasteiger partial charge in [0.15, 0.2) is 6.10 Å². The van der Waals surface area contributed by atoms with Gasteiger partial charge in [-0.1, -0.05) is 51.0 Å². The van der Waals surface area contributed by atoms with E-state index in [2.05, 4.69) is 31.4 Å². The number of amides is 1. The van der Waals surface area contributed by atoms with Gasteiger partial charge in [0.1, 0.15) is 10.8 Å². The molecule has 1 amide bonds. The Labute approximate surface area is 162 Å². The average molecular weight is 439 g/mol. The Morgan fingerprint density at radius 2 is 1.84 bits per heavy atom. The second-order valence-electron chi connectivity index (χ2n) is 5.12. The van der Waals surface area contributed by atoms with Gasteiger partial charge in [-0.25, -0.2) is 0 Å². The zero-order chi connectivity index (χ0) is 17.8. The van der Waals surface area contributed by atoms with E-state index in [1.165, 1.54) is 11.3 Å². The monoisotopic (exact) mass is 437 g/mol. The van der Waals surface area contributed by atoms with E-state index in [9.17, 15) is 4.79 Å². The van der Waals surface area contributed by atoms with Crippen LogP contribution in [-0.4, -0.2) is 22.2 Å². The Balaban J connectivity index is 1.62. The third kappa shape index (κ3) is 4.78. The number of hydrogen-bond donors (Lipinski definition) is 1. The highest BCUT2D eigenvalue weighted by Crippen LogP contribution is 2.27. The topological polar surface area (TPSA) is 64.1 Å². The first-order chi connectivity index (χ1) is 12.0. The fraction of sp³-hybridized carbons (Fsp3) is 0.118. The maximum absolute atomic E-state index is 12.3. The van der Waals surface area contributed by atoms with E-state index < -0.39 is 6.10 Å². The number of carbonyl (C=O) groups is 1. The lowest BCUT2D eigenvalue weighted by molar-refractivity contribution is -0.122. The van der Waals surface area contributed by atoms with Gasteiger partial charge in [0.05, 0.1) is 0 Å². The molecule has 3 aromatic rings. The van der Waals surface area contributed by atoms with Crippen LogP contribution in [0.1, 0.15) is 6.92 Å². The van der Waals surface area contributed by atoms with Crippen molar-refractivity contribution in [1.82, 2.24) is 10.2 Å². The van der Waals surface area contributed by atoms with Crippen molar-refractivity contribution in [3.8, 4) is 16.3 Å². The standard InChI is InChI=1S/C17H13BrClN3O2S/c1-10(24-14-8-4-12(18)5-9-14)15(23)20-17-22-21-16(25-17)11-2-6-13(19)7-3-11/h2-10H,1H3,(H,20,22,23). The smallest absolute Gasteiger partial charge is 0.266 e. The fourth-order valence-corrected chi connectivity index (χ4v) is 3.10. The summed E-state index contributed by atoms with van der Waals surface area (Å²) in [5, 5.41) is 12.6.